The summed E-state index contributed by atoms with van der Waals surface area (Å²) in [5.41, 5.74) is 0. The number of rotatable bonds is 2. The Morgan fingerprint density at radius 1 is 1.00 bits per heavy atom. The van der Waals surface area contributed by atoms with E-state index in [1.54, 1.807) is 6.92 Å². The zero-order chi connectivity index (χ0) is 12.3. The highest BCUT2D eigenvalue weighted by molar-refractivity contribution is 5.81. The number of Topliss-reactive ketones (excluding diaryl/α,β-unsaturated/α-hetero) is 1. The predicted molar refractivity (Wildman–Crippen MR) is 63.5 cm³/mol. The zero-order valence-corrected chi connectivity index (χ0v) is 10.5. The predicted octanol–water partition coefficient (Wildman–Crippen LogP) is 1.24. The SMILES string of the molecule is CC(=O)C1CCN(C(=O)C2CCOCC2)CC1. The molecule has 0 spiro atoms. The van der Waals surface area contributed by atoms with Crippen molar-refractivity contribution in [2.75, 3.05) is 26.3 Å². The van der Waals surface area contributed by atoms with E-state index in [-0.39, 0.29) is 23.5 Å². The van der Waals surface area contributed by atoms with Crippen molar-refractivity contribution in [2.24, 2.45) is 11.8 Å². The molecule has 96 valence electrons. The van der Waals surface area contributed by atoms with Crippen LogP contribution < -0.4 is 0 Å². The van der Waals surface area contributed by atoms with Crippen LogP contribution in [-0.2, 0) is 14.3 Å². The maximum Gasteiger partial charge on any atom is 0.225 e. The molecule has 2 heterocycles. The highest BCUT2D eigenvalue weighted by Gasteiger charge is 2.30. The molecule has 2 rings (SSSR count). The van der Waals surface area contributed by atoms with Crippen molar-refractivity contribution in [1.29, 1.82) is 0 Å². The van der Waals surface area contributed by atoms with Gasteiger partial charge in [-0.15, -0.1) is 0 Å². The van der Waals surface area contributed by atoms with Gasteiger partial charge in [-0.2, -0.15) is 0 Å². The highest BCUT2D eigenvalue weighted by atomic mass is 16.5. The van der Waals surface area contributed by atoms with Gasteiger partial charge in [0.1, 0.15) is 5.78 Å². The van der Waals surface area contributed by atoms with E-state index >= 15 is 0 Å². The summed E-state index contributed by atoms with van der Waals surface area (Å²) in [6, 6.07) is 0. The van der Waals surface area contributed by atoms with Gasteiger partial charge in [0.15, 0.2) is 0 Å². The third-order valence-corrected chi connectivity index (χ3v) is 3.95. The molecule has 4 heteroatoms. The fraction of sp³-hybridized carbons (Fsp3) is 0.846. The van der Waals surface area contributed by atoms with Crippen molar-refractivity contribution in [2.45, 2.75) is 32.6 Å². The van der Waals surface area contributed by atoms with Crippen LogP contribution in [0.3, 0.4) is 0 Å². The summed E-state index contributed by atoms with van der Waals surface area (Å²) in [4.78, 5) is 25.4. The van der Waals surface area contributed by atoms with E-state index in [9.17, 15) is 9.59 Å². The van der Waals surface area contributed by atoms with Crippen LogP contribution in [0.1, 0.15) is 32.6 Å². The summed E-state index contributed by atoms with van der Waals surface area (Å²) >= 11 is 0. The number of amides is 1. The van der Waals surface area contributed by atoms with E-state index in [0.29, 0.717) is 13.2 Å². The van der Waals surface area contributed by atoms with E-state index < -0.39 is 0 Å². The molecule has 1 amide bonds. The molecular formula is C13H21NO3. The van der Waals surface area contributed by atoms with Gasteiger partial charge in [0.2, 0.25) is 5.91 Å². The Labute approximate surface area is 102 Å². The summed E-state index contributed by atoms with van der Waals surface area (Å²) in [7, 11) is 0. The molecule has 0 bridgehead atoms. The van der Waals surface area contributed by atoms with Gasteiger partial charge in [-0.1, -0.05) is 0 Å². The number of likely N-dealkylation sites (tertiary alicyclic amines) is 1. The van der Waals surface area contributed by atoms with Gasteiger partial charge in [-0.25, -0.2) is 0 Å². The number of ether oxygens (including phenoxy) is 1. The van der Waals surface area contributed by atoms with E-state index in [0.717, 1.165) is 38.8 Å². The van der Waals surface area contributed by atoms with Gasteiger partial charge in [0.25, 0.3) is 0 Å². The topological polar surface area (TPSA) is 46.6 Å². The maximum atomic E-state index is 12.2. The molecule has 2 aliphatic rings. The monoisotopic (exact) mass is 239 g/mol. The molecule has 2 saturated heterocycles. The van der Waals surface area contributed by atoms with Gasteiger partial charge in [-0.3, -0.25) is 9.59 Å². The number of piperidine rings is 1. The minimum Gasteiger partial charge on any atom is -0.381 e. The Balaban J connectivity index is 1.83. The van der Waals surface area contributed by atoms with Gasteiger partial charge in [0, 0.05) is 38.1 Å². The molecule has 0 aromatic carbocycles. The number of carbonyl (C=O) groups excluding carboxylic acids is 2. The summed E-state index contributed by atoms with van der Waals surface area (Å²) in [6.07, 6.45) is 3.38. The van der Waals surface area contributed by atoms with E-state index in [4.69, 9.17) is 4.74 Å². The van der Waals surface area contributed by atoms with E-state index in [1.165, 1.54) is 0 Å². The minimum atomic E-state index is 0.151. The van der Waals surface area contributed by atoms with Gasteiger partial charge in [0.05, 0.1) is 0 Å². The second-order valence-electron chi connectivity index (χ2n) is 5.10. The third kappa shape index (κ3) is 3.06. The van der Waals surface area contributed by atoms with Gasteiger partial charge in [-0.05, 0) is 32.6 Å². The summed E-state index contributed by atoms with van der Waals surface area (Å²) in [5, 5.41) is 0. The number of nitrogens with zero attached hydrogens (tertiary/aromatic N) is 1. The molecular weight excluding hydrogens is 218 g/mol. The molecule has 0 radical (unpaired) electrons. The summed E-state index contributed by atoms with van der Waals surface area (Å²) < 4.78 is 5.27. The number of carbonyl (C=O) groups is 2. The Morgan fingerprint density at radius 2 is 1.59 bits per heavy atom. The molecule has 0 unspecified atom stereocenters. The van der Waals surface area contributed by atoms with Crippen LogP contribution in [0.4, 0.5) is 0 Å². The van der Waals surface area contributed by atoms with Crippen LogP contribution >= 0.6 is 0 Å². The average Bonchev–Trinajstić information content (AvgIpc) is 2.39. The average molecular weight is 239 g/mol. The molecule has 0 N–H and O–H groups in total. The number of ketones is 1. The first-order chi connectivity index (χ1) is 8.18. The standard InChI is InChI=1S/C13H21NO3/c1-10(15)11-2-6-14(7-3-11)13(16)12-4-8-17-9-5-12/h11-12H,2-9H2,1H3. The van der Waals surface area contributed by atoms with E-state index in [2.05, 4.69) is 0 Å². The minimum absolute atomic E-state index is 0.151. The largest absolute Gasteiger partial charge is 0.381 e. The van der Waals surface area contributed by atoms with Crippen LogP contribution in [0, 0.1) is 11.8 Å². The van der Waals surface area contributed by atoms with Crippen LogP contribution in [0.25, 0.3) is 0 Å². The molecule has 0 aliphatic carbocycles. The first-order valence-electron chi connectivity index (χ1n) is 6.55. The molecule has 2 aliphatic heterocycles. The van der Waals surface area contributed by atoms with E-state index in [1.807, 2.05) is 4.90 Å². The van der Waals surface area contributed by atoms with Crippen LogP contribution in [0.15, 0.2) is 0 Å². The Bertz CT molecular complexity index is 289. The normalized spacial score (nSPS) is 23.7. The molecule has 2 fully saturated rings. The molecule has 4 nitrogen and oxygen atoms in total. The van der Waals surface area contributed by atoms with Crippen molar-refractivity contribution in [3.8, 4) is 0 Å². The quantitative estimate of drug-likeness (QED) is 0.728. The Morgan fingerprint density at radius 3 is 2.12 bits per heavy atom. The van der Waals surface area contributed by atoms with Crippen molar-refractivity contribution in [3.63, 3.8) is 0 Å². The third-order valence-electron chi connectivity index (χ3n) is 3.95. The lowest BCUT2D eigenvalue weighted by atomic mass is 9.91. The fourth-order valence-electron chi connectivity index (χ4n) is 2.71. The summed E-state index contributed by atoms with van der Waals surface area (Å²) in [5.74, 6) is 0.866. The smallest absolute Gasteiger partial charge is 0.225 e. The first kappa shape index (κ1) is 12.6. The number of hydrogen-bond acceptors (Lipinski definition) is 3. The lowest BCUT2D eigenvalue weighted by Gasteiger charge is -2.34. The molecule has 17 heavy (non-hydrogen) atoms. The zero-order valence-electron chi connectivity index (χ0n) is 10.5. The van der Waals surface area contributed by atoms with Gasteiger partial charge >= 0.3 is 0 Å². The Hall–Kier alpha value is -0.900. The second-order valence-corrected chi connectivity index (χ2v) is 5.10. The van der Waals surface area contributed by atoms with Crippen molar-refractivity contribution >= 4 is 11.7 Å². The van der Waals surface area contributed by atoms with Gasteiger partial charge < -0.3 is 9.64 Å². The van der Waals surface area contributed by atoms with Crippen LogP contribution in [-0.4, -0.2) is 42.9 Å². The number of hydrogen-bond donors (Lipinski definition) is 0. The molecule has 0 aromatic heterocycles. The molecule has 0 saturated carbocycles. The van der Waals surface area contributed by atoms with Crippen LogP contribution in [0.5, 0.6) is 0 Å². The lowest BCUT2D eigenvalue weighted by molar-refractivity contribution is -0.141. The Kier molecular flexibility index (Phi) is 4.15. The molecule has 0 aromatic rings. The highest BCUT2D eigenvalue weighted by Crippen LogP contribution is 2.23. The van der Waals surface area contributed by atoms with Crippen molar-refractivity contribution in [1.82, 2.24) is 4.90 Å². The second kappa shape index (κ2) is 5.63. The maximum absolute atomic E-state index is 12.2. The first-order valence-corrected chi connectivity index (χ1v) is 6.55. The fourth-order valence-corrected chi connectivity index (χ4v) is 2.71. The summed E-state index contributed by atoms with van der Waals surface area (Å²) in [6.45, 7) is 4.57. The molecule has 0 atom stereocenters. The van der Waals surface area contributed by atoms with Crippen LogP contribution in [0.2, 0.25) is 0 Å². The van der Waals surface area contributed by atoms with Crippen molar-refractivity contribution < 1.29 is 14.3 Å². The van der Waals surface area contributed by atoms with Crippen molar-refractivity contribution in [3.05, 3.63) is 0 Å². The lowest BCUT2D eigenvalue weighted by Crippen LogP contribution is -2.44.